The van der Waals surface area contributed by atoms with Gasteiger partial charge in [0.25, 0.3) is 0 Å². The van der Waals surface area contributed by atoms with E-state index in [1.54, 1.807) is 11.3 Å². The number of aryl methyl sites for hydroxylation is 1. The predicted octanol–water partition coefficient (Wildman–Crippen LogP) is 4.83. The number of benzene rings is 1. The average molecular weight is 407 g/mol. The van der Waals surface area contributed by atoms with Gasteiger partial charge in [0.2, 0.25) is 5.91 Å². The summed E-state index contributed by atoms with van der Waals surface area (Å²) in [6.07, 6.45) is 5.06. The second-order valence-electron chi connectivity index (χ2n) is 7.30. The van der Waals surface area contributed by atoms with E-state index in [9.17, 15) is 4.79 Å². The number of amides is 1. The van der Waals surface area contributed by atoms with Crippen LogP contribution in [0.5, 0.6) is 0 Å². The molecule has 0 radical (unpaired) electrons. The maximum atomic E-state index is 12.9. The first-order valence-electron chi connectivity index (χ1n) is 9.78. The minimum Gasteiger partial charge on any atom is -0.337 e. The molecule has 0 aliphatic carbocycles. The lowest BCUT2D eigenvalue weighted by Crippen LogP contribution is -2.33. The highest BCUT2D eigenvalue weighted by atomic mass is 35.5. The molecule has 0 atom stereocenters. The molecule has 27 heavy (non-hydrogen) atoms. The molecule has 5 heteroatoms. The van der Waals surface area contributed by atoms with Crippen molar-refractivity contribution >= 4 is 29.7 Å². The fraction of sp³-hybridized carbons (Fsp3) is 0.500. The first-order chi connectivity index (χ1) is 12.7. The molecule has 1 N–H and O–H groups in total. The lowest BCUT2D eigenvalue weighted by atomic mass is 9.93. The zero-order valence-corrected chi connectivity index (χ0v) is 17.8. The Balaban J connectivity index is 0.00000261. The second kappa shape index (κ2) is 11.5. The lowest BCUT2D eigenvalue weighted by molar-refractivity contribution is -0.132. The summed E-state index contributed by atoms with van der Waals surface area (Å²) in [5, 5.41) is 3.40. The molecule has 2 heterocycles. The minimum atomic E-state index is 0. The molecule has 1 aromatic carbocycles. The van der Waals surface area contributed by atoms with Crippen molar-refractivity contribution in [2.24, 2.45) is 5.92 Å². The van der Waals surface area contributed by atoms with E-state index in [4.69, 9.17) is 0 Å². The maximum Gasteiger partial charge on any atom is 0.222 e. The largest absolute Gasteiger partial charge is 0.337 e. The summed E-state index contributed by atoms with van der Waals surface area (Å²) >= 11 is 1.80. The molecule has 1 amide bonds. The number of piperidine rings is 1. The van der Waals surface area contributed by atoms with Crippen LogP contribution in [0, 0.1) is 12.8 Å². The van der Waals surface area contributed by atoms with Gasteiger partial charge in [-0.15, -0.1) is 23.7 Å². The highest BCUT2D eigenvalue weighted by Gasteiger charge is 2.19. The number of carbonyl (C=O) groups is 1. The zero-order chi connectivity index (χ0) is 18.2. The van der Waals surface area contributed by atoms with Crippen molar-refractivity contribution < 1.29 is 4.79 Å². The van der Waals surface area contributed by atoms with Crippen molar-refractivity contribution in [2.75, 3.05) is 19.6 Å². The van der Waals surface area contributed by atoms with E-state index in [2.05, 4.69) is 53.5 Å². The van der Waals surface area contributed by atoms with E-state index in [0.717, 1.165) is 39.0 Å². The van der Waals surface area contributed by atoms with Crippen LogP contribution in [-0.4, -0.2) is 30.4 Å². The van der Waals surface area contributed by atoms with Gasteiger partial charge in [0.1, 0.15) is 0 Å². The van der Waals surface area contributed by atoms with E-state index in [1.807, 2.05) is 6.07 Å². The Morgan fingerprint density at radius 2 is 1.89 bits per heavy atom. The average Bonchev–Trinajstić information content (AvgIpc) is 3.09. The molecule has 148 valence electrons. The van der Waals surface area contributed by atoms with E-state index < -0.39 is 0 Å². The fourth-order valence-corrected chi connectivity index (χ4v) is 4.52. The Bertz CT molecular complexity index is 683. The fourth-order valence-electron chi connectivity index (χ4n) is 3.61. The summed E-state index contributed by atoms with van der Waals surface area (Å²) in [7, 11) is 0. The van der Waals surface area contributed by atoms with E-state index in [1.165, 1.54) is 28.2 Å². The third-order valence-corrected chi connectivity index (χ3v) is 6.22. The molecular formula is C22H31ClN2OS. The quantitative estimate of drug-likeness (QED) is 0.680. The summed E-state index contributed by atoms with van der Waals surface area (Å²) < 4.78 is 0. The molecule has 2 aromatic rings. The monoisotopic (exact) mass is 406 g/mol. The third-order valence-electron chi connectivity index (χ3n) is 5.23. The van der Waals surface area contributed by atoms with Crippen LogP contribution >= 0.6 is 23.7 Å². The molecule has 1 aromatic heterocycles. The van der Waals surface area contributed by atoms with Gasteiger partial charge in [-0.1, -0.05) is 30.3 Å². The molecule has 1 fully saturated rings. The van der Waals surface area contributed by atoms with Gasteiger partial charge >= 0.3 is 0 Å². The number of nitrogens with zero attached hydrogens (tertiary/aromatic N) is 1. The Morgan fingerprint density at radius 3 is 2.56 bits per heavy atom. The summed E-state index contributed by atoms with van der Waals surface area (Å²) in [5.74, 6) is 1.02. The molecule has 0 spiro atoms. The molecule has 0 unspecified atom stereocenters. The summed E-state index contributed by atoms with van der Waals surface area (Å²) in [6, 6.07) is 14.8. The number of hydrogen-bond donors (Lipinski definition) is 1. The van der Waals surface area contributed by atoms with Crippen LogP contribution < -0.4 is 5.32 Å². The number of halogens is 1. The van der Waals surface area contributed by atoms with Gasteiger partial charge in [0.05, 0.1) is 6.54 Å². The van der Waals surface area contributed by atoms with Crippen molar-refractivity contribution in [2.45, 2.75) is 45.6 Å². The predicted molar refractivity (Wildman–Crippen MR) is 117 cm³/mol. The number of nitrogens with one attached hydrogen (secondary N) is 1. The Labute approximate surface area is 173 Å². The standard InChI is InChI=1S/C22H30N2OS.ClH/c1-18-7-9-21(26-18)17-24(16-13-19-5-3-2-4-6-19)22(25)10-8-20-11-14-23-15-12-20;/h2-7,9,20,23H,8,10-17H2,1H3;1H. The normalized spacial score (nSPS) is 14.6. The SMILES string of the molecule is Cc1ccc(CN(CCc2ccccc2)C(=O)CCC2CCNCC2)s1.Cl. The van der Waals surface area contributed by atoms with Crippen molar-refractivity contribution in [3.8, 4) is 0 Å². The molecular weight excluding hydrogens is 376 g/mol. The van der Waals surface area contributed by atoms with Crippen LogP contribution in [0.25, 0.3) is 0 Å². The van der Waals surface area contributed by atoms with Crippen LogP contribution in [-0.2, 0) is 17.8 Å². The third kappa shape index (κ3) is 7.28. The molecule has 3 nitrogen and oxygen atoms in total. The topological polar surface area (TPSA) is 32.3 Å². The Hall–Kier alpha value is -1.36. The van der Waals surface area contributed by atoms with Gasteiger partial charge in [-0.05, 0) is 69.3 Å². The number of thiophene rings is 1. The van der Waals surface area contributed by atoms with Crippen molar-refractivity contribution in [1.82, 2.24) is 10.2 Å². The highest BCUT2D eigenvalue weighted by molar-refractivity contribution is 7.11. The molecule has 1 saturated heterocycles. The van der Waals surface area contributed by atoms with Gasteiger partial charge in [0, 0.05) is 22.7 Å². The number of rotatable bonds is 8. The van der Waals surface area contributed by atoms with Gasteiger partial charge in [-0.3, -0.25) is 4.79 Å². The van der Waals surface area contributed by atoms with E-state index in [0.29, 0.717) is 18.2 Å². The van der Waals surface area contributed by atoms with Gasteiger partial charge in [-0.2, -0.15) is 0 Å². The lowest BCUT2D eigenvalue weighted by Gasteiger charge is -2.25. The summed E-state index contributed by atoms with van der Waals surface area (Å²) in [4.78, 5) is 17.6. The molecule has 0 bridgehead atoms. The Kier molecular flexibility index (Phi) is 9.32. The van der Waals surface area contributed by atoms with Crippen LogP contribution in [0.1, 0.15) is 41.0 Å². The summed E-state index contributed by atoms with van der Waals surface area (Å²) in [5.41, 5.74) is 1.30. The second-order valence-corrected chi connectivity index (χ2v) is 8.67. The maximum absolute atomic E-state index is 12.9. The van der Waals surface area contributed by atoms with Crippen LogP contribution in [0.4, 0.5) is 0 Å². The number of carbonyl (C=O) groups excluding carboxylic acids is 1. The van der Waals surface area contributed by atoms with Crippen LogP contribution in [0.3, 0.4) is 0 Å². The van der Waals surface area contributed by atoms with E-state index >= 15 is 0 Å². The van der Waals surface area contributed by atoms with Crippen molar-refractivity contribution in [1.29, 1.82) is 0 Å². The van der Waals surface area contributed by atoms with Gasteiger partial charge in [-0.25, -0.2) is 0 Å². The minimum absolute atomic E-state index is 0. The first kappa shape index (κ1) is 21.9. The molecule has 1 aliphatic heterocycles. The van der Waals surface area contributed by atoms with Crippen LogP contribution in [0.2, 0.25) is 0 Å². The van der Waals surface area contributed by atoms with Crippen molar-refractivity contribution in [3.63, 3.8) is 0 Å². The van der Waals surface area contributed by atoms with Gasteiger partial charge in [0.15, 0.2) is 0 Å². The van der Waals surface area contributed by atoms with Gasteiger partial charge < -0.3 is 10.2 Å². The summed E-state index contributed by atoms with van der Waals surface area (Å²) in [6.45, 7) is 5.87. The zero-order valence-electron chi connectivity index (χ0n) is 16.2. The van der Waals surface area contributed by atoms with Crippen molar-refractivity contribution in [3.05, 3.63) is 57.8 Å². The molecule has 1 aliphatic rings. The molecule has 0 saturated carbocycles. The first-order valence-corrected chi connectivity index (χ1v) is 10.6. The van der Waals surface area contributed by atoms with Crippen LogP contribution in [0.15, 0.2) is 42.5 Å². The molecule has 3 rings (SSSR count). The smallest absolute Gasteiger partial charge is 0.222 e. The highest BCUT2D eigenvalue weighted by Crippen LogP contribution is 2.21. The Morgan fingerprint density at radius 1 is 1.15 bits per heavy atom. The van der Waals surface area contributed by atoms with E-state index in [-0.39, 0.29) is 12.4 Å². The number of hydrogen-bond acceptors (Lipinski definition) is 3.